The van der Waals surface area contributed by atoms with Crippen molar-refractivity contribution in [2.75, 3.05) is 25.1 Å². The molecular formula is C16H19NO3S. The summed E-state index contributed by atoms with van der Waals surface area (Å²) in [5.41, 5.74) is 1.71. The minimum Gasteiger partial charge on any atom is -0.372 e. The van der Waals surface area contributed by atoms with Gasteiger partial charge in [-0.25, -0.2) is 0 Å². The molecule has 2 aromatic rings. The van der Waals surface area contributed by atoms with Crippen molar-refractivity contribution in [1.82, 2.24) is 0 Å². The molecule has 5 heteroatoms. The van der Waals surface area contributed by atoms with Gasteiger partial charge in [0.1, 0.15) is 0 Å². The summed E-state index contributed by atoms with van der Waals surface area (Å²) in [4.78, 5) is 2.18. The summed E-state index contributed by atoms with van der Waals surface area (Å²) in [7, 11) is -1.79. The maximum Gasteiger partial charge on any atom is 0.297 e. The molecule has 21 heavy (non-hydrogen) atoms. The Labute approximate surface area is 126 Å². The van der Waals surface area contributed by atoms with Crippen molar-refractivity contribution in [1.29, 1.82) is 0 Å². The van der Waals surface area contributed by atoms with Crippen LogP contribution in [0.5, 0.6) is 0 Å². The molecule has 0 amide bonds. The Morgan fingerprint density at radius 3 is 2.29 bits per heavy atom. The SMILES string of the molecule is Cc1ccccc1S(=O)(=O)OCCN(C)c1ccccc1. The van der Waals surface area contributed by atoms with Gasteiger partial charge in [0, 0.05) is 19.3 Å². The van der Waals surface area contributed by atoms with Gasteiger partial charge in [-0.3, -0.25) is 4.18 Å². The number of anilines is 1. The maximum atomic E-state index is 12.1. The summed E-state index contributed by atoms with van der Waals surface area (Å²) in [6, 6.07) is 16.6. The normalized spacial score (nSPS) is 11.3. The molecule has 0 fully saturated rings. The van der Waals surface area contributed by atoms with Gasteiger partial charge in [0.15, 0.2) is 0 Å². The molecule has 0 aromatic heterocycles. The van der Waals surface area contributed by atoms with Gasteiger partial charge >= 0.3 is 0 Å². The van der Waals surface area contributed by atoms with E-state index in [-0.39, 0.29) is 11.5 Å². The van der Waals surface area contributed by atoms with Crippen LogP contribution in [-0.4, -0.2) is 28.6 Å². The van der Waals surface area contributed by atoms with Gasteiger partial charge in [0.2, 0.25) is 0 Å². The summed E-state index contributed by atoms with van der Waals surface area (Å²) < 4.78 is 29.4. The minimum absolute atomic E-state index is 0.113. The van der Waals surface area contributed by atoms with E-state index in [1.165, 1.54) is 0 Å². The van der Waals surface area contributed by atoms with Gasteiger partial charge in [-0.1, -0.05) is 36.4 Å². The Morgan fingerprint density at radius 2 is 1.62 bits per heavy atom. The van der Waals surface area contributed by atoms with Crippen LogP contribution in [-0.2, 0) is 14.3 Å². The summed E-state index contributed by atoms with van der Waals surface area (Å²) >= 11 is 0. The van der Waals surface area contributed by atoms with E-state index < -0.39 is 10.1 Å². The highest BCUT2D eigenvalue weighted by Gasteiger charge is 2.17. The van der Waals surface area contributed by atoms with Gasteiger partial charge in [0.25, 0.3) is 10.1 Å². The average Bonchev–Trinajstić information content (AvgIpc) is 2.48. The fourth-order valence-corrected chi connectivity index (χ4v) is 3.12. The molecule has 0 saturated carbocycles. The number of likely N-dealkylation sites (N-methyl/N-ethyl adjacent to an activating group) is 1. The van der Waals surface area contributed by atoms with Gasteiger partial charge in [-0.05, 0) is 30.7 Å². The lowest BCUT2D eigenvalue weighted by molar-refractivity contribution is 0.325. The molecule has 0 aliphatic carbocycles. The molecule has 0 saturated heterocycles. The molecule has 0 heterocycles. The number of rotatable bonds is 6. The fourth-order valence-electron chi connectivity index (χ4n) is 2.00. The van der Waals surface area contributed by atoms with Crippen molar-refractivity contribution in [3.05, 3.63) is 60.2 Å². The number of nitrogens with zero attached hydrogens (tertiary/aromatic N) is 1. The third kappa shape index (κ3) is 4.06. The molecule has 0 aliphatic heterocycles. The summed E-state index contributed by atoms with van der Waals surface area (Å²) in [5.74, 6) is 0. The minimum atomic E-state index is -3.70. The maximum absolute atomic E-state index is 12.1. The van der Waals surface area contributed by atoms with Crippen molar-refractivity contribution >= 4 is 15.8 Å². The first-order valence-corrected chi connectivity index (χ1v) is 8.13. The van der Waals surface area contributed by atoms with Crippen LogP contribution in [0, 0.1) is 6.92 Å². The lowest BCUT2D eigenvalue weighted by Crippen LogP contribution is -2.24. The fraction of sp³-hybridized carbons (Fsp3) is 0.250. The molecule has 0 spiro atoms. The highest BCUT2D eigenvalue weighted by atomic mass is 32.2. The first-order chi connectivity index (χ1) is 10.0. The molecule has 0 aliphatic rings. The quantitative estimate of drug-likeness (QED) is 0.770. The highest BCUT2D eigenvalue weighted by Crippen LogP contribution is 2.17. The number of hydrogen-bond donors (Lipinski definition) is 0. The van der Waals surface area contributed by atoms with Crippen LogP contribution in [0.2, 0.25) is 0 Å². The molecular weight excluding hydrogens is 286 g/mol. The molecule has 0 atom stereocenters. The smallest absolute Gasteiger partial charge is 0.297 e. The lowest BCUT2D eigenvalue weighted by atomic mass is 10.2. The first kappa shape index (κ1) is 15.5. The van der Waals surface area contributed by atoms with Crippen LogP contribution in [0.25, 0.3) is 0 Å². The highest BCUT2D eigenvalue weighted by molar-refractivity contribution is 7.86. The van der Waals surface area contributed by atoms with E-state index in [4.69, 9.17) is 4.18 Å². The third-order valence-corrected chi connectivity index (χ3v) is 4.70. The predicted octanol–water partition coefficient (Wildman–Crippen LogP) is 2.84. The second-order valence-electron chi connectivity index (χ2n) is 4.80. The van der Waals surface area contributed by atoms with E-state index in [0.717, 1.165) is 5.69 Å². The molecule has 0 unspecified atom stereocenters. The molecule has 4 nitrogen and oxygen atoms in total. The first-order valence-electron chi connectivity index (χ1n) is 6.72. The molecule has 0 bridgehead atoms. The average molecular weight is 305 g/mol. The number of aryl methyl sites for hydroxylation is 1. The molecule has 0 N–H and O–H groups in total. The van der Waals surface area contributed by atoms with E-state index in [1.54, 1.807) is 31.2 Å². The zero-order valence-corrected chi connectivity index (χ0v) is 13.0. The Bertz CT molecular complexity index is 684. The van der Waals surface area contributed by atoms with Crippen LogP contribution in [0.3, 0.4) is 0 Å². The van der Waals surface area contributed by atoms with Crippen molar-refractivity contribution < 1.29 is 12.6 Å². The monoisotopic (exact) mass is 305 g/mol. The number of para-hydroxylation sites is 1. The van der Waals surface area contributed by atoms with Gasteiger partial charge in [-0.2, -0.15) is 8.42 Å². The summed E-state index contributed by atoms with van der Waals surface area (Å²) in [6.45, 7) is 2.36. The van der Waals surface area contributed by atoms with E-state index >= 15 is 0 Å². The predicted molar refractivity (Wildman–Crippen MR) is 84.0 cm³/mol. The zero-order valence-electron chi connectivity index (χ0n) is 12.2. The second kappa shape index (κ2) is 6.74. The Kier molecular flexibility index (Phi) is 4.98. The van der Waals surface area contributed by atoms with Crippen LogP contribution in [0.15, 0.2) is 59.5 Å². The second-order valence-corrected chi connectivity index (χ2v) is 6.38. The Hall–Kier alpha value is -1.85. The van der Waals surface area contributed by atoms with Crippen LogP contribution < -0.4 is 4.90 Å². The van der Waals surface area contributed by atoms with E-state index in [9.17, 15) is 8.42 Å². The summed E-state index contributed by atoms with van der Waals surface area (Å²) in [6.07, 6.45) is 0. The molecule has 112 valence electrons. The van der Waals surface area contributed by atoms with Crippen molar-refractivity contribution in [3.8, 4) is 0 Å². The standard InChI is InChI=1S/C16H19NO3S/c1-14-8-6-7-11-16(14)21(18,19)20-13-12-17(2)15-9-4-3-5-10-15/h3-11H,12-13H2,1-2H3. The van der Waals surface area contributed by atoms with E-state index in [0.29, 0.717) is 12.1 Å². The largest absolute Gasteiger partial charge is 0.372 e. The van der Waals surface area contributed by atoms with Crippen molar-refractivity contribution in [2.45, 2.75) is 11.8 Å². The number of benzene rings is 2. The van der Waals surface area contributed by atoms with Crippen molar-refractivity contribution in [3.63, 3.8) is 0 Å². The van der Waals surface area contributed by atoms with Gasteiger partial charge in [-0.15, -0.1) is 0 Å². The van der Waals surface area contributed by atoms with E-state index in [2.05, 4.69) is 0 Å². The van der Waals surface area contributed by atoms with E-state index in [1.807, 2.05) is 42.3 Å². The lowest BCUT2D eigenvalue weighted by Gasteiger charge is -2.19. The van der Waals surface area contributed by atoms with Gasteiger partial charge < -0.3 is 4.90 Å². The van der Waals surface area contributed by atoms with Crippen LogP contribution >= 0.6 is 0 Å². The third-order valence-electron chi connectivity index (χ3n) is 3.23. The summed E-state index contributed by atoms with van der Waals surface area (Å²) in [5, 5.41) is 0. The molecule has 2 rings (SSSR count). The zero-order chi connectivity index (χ0) is 15.3. The van der Waals surface area contributed by atoms with Crippen molar-refractivity contribution in [2.24, 2.45) is 0 Å². The molecule has 2 aromatic carbocycles. The Balaban J connectivity index is 1.96. The van der Waals surface area contributed by atoms with Crippen LogP contribution in [0.4, 0.5) is 5.69 Å². The Morgan fingerprint density at radius 1 is 1.00 bits per heavy atom. The number of hydrogen-bond acceptors (Lipinski definition) is 4. The van der Waals surface area contributed by atoms with Crippen LogP contribution in [0.1, 0.15) is 5.56 Å². The van der Waals surface area contributed by atoms with Gasteiger partial charge in [0.05, 0.1) is 11.5 Å². The topological polar surface area (TPSA) is 46.6 Å². The molecule has 0 radical (unpaired) electrons.